The van der Waals surface area contributed by atoms with Gasteiger partial charge >= 0.3 is 0 Å². The van der Waals surface area contributed by atoms with Gasteiger partial charge < -0.3 is 19.7 Å². The maximum Gasteiger partial charge on any atom is 0.170 e. The average molecular weight is 378 g/mol. The zero-order valence-corrected chi connectivity index (χ0v) is 16.1. The molecule has 0 spiro atoms. The van der Waals surface area contributed by atoms with E-state index in [0.29, 0.717) is 23.0 Å². The summed E-state index contributed by atoms with van der Waals surface area (Å²) in [4.78, 5) is 0. The van der Waals surface area contributed by atoms with Crippen LogP contribution in [0.5, 0.6) is 34.5 Å². The van der Waals surface area contributed by atoms with E-state index < -0.39 is 0 Å². The van der Waals surface area contributed by atoms with Crippen molar-refractivity contribution in [2.75, 3.05) is 0 Å². The summed E-state index contributed by atoms with van der Waals surface area (Å²) in [5.41, 5.74) is 1.20. The largest absolute Gasteiger partial charge is 0.508 e. The molecule has 28 heavy (non-hydrogen) atoms. The number of rotatable bonds is 9. The first-order valence-electron chi connectivity index (χ1n) is 9.71. The number of phenolic OH excluding ortho intramolecular Hbond substituents is 2. The number of hydrogen-bond donors (Lipinski definition) is 2. The molecule has 0 fully saturated rings. The first-order chi connectivity index (χ1) is 13.6. The Morgan fingerprint density at radius 2 is 1.21 bits per heavy atom. The van der Waals surface area contributed by atoms with Gasteiger partial charge in [0.25, 0.3) is 0 Å². The van der Waals surface area contributed by atoms with Crippen molar-refractivity contribution in [2.45, 2.75) is 39.0 Å². The number of aromatic hydroxyl groups is 2. The number of ether oxygens (including phenoxy) is 2. The van der Waals surface area contributed by atoms with Gasteiger partial charge in [-0.1, -0.05) is 32.3 Å². The molecule has 4 heteroatoms. The second kappa shape index (κ2) is 9.70. The third-order valence-electron chi connectivity index (χ3n) is 4.46. The molecule has 3 rings (SSSR count). The van der Waals surface area contributed by atoms with Gasteiger partial charge in [-0.15, -0.1) is 0 Å². The minimum atomic E-state index is 0.190. The van der Waals surface area contributed by atoms with Crippen molar-refractivity contribution in [3.05, 3.63) is 72.3 Å². The van der Waals surface area contributed by atoms with Gasteiger partial charge in [0.05, 0.1) is 0 Å². The molecule has 0 aliphatic heterocycles. The molecule has 0 aromatic heterocycles. The summed E-state index contributed by atoms with van der Waals surface area (Å²) < 4.78 is 12.0. The first-order valence-corrected chi connectivity index (χ1v) is 9.71. The van der Waals surface area contributed by atoms with Crippen LogP contribution < -0.4 is 9.47 Å². The molecular weight excluding hydrogens is 352 g/mol. The maximum atomic E-state index is 9.48. The number of benzene rings is 3. The molecule has 4 nitrogen and oxygen atoms in total. The van der Waals surface area contributed by atoms with Crippen LogP contribution in [0.1, 0.15) is 38.2 Å². The summed E-state index contributed by atoms with van der Waals surface area (Å²) in [5.74, 6) is 2.83. The Labute approximate surface area is 166 Å². The van der Waals surface area contributed by atoms with Crippen molar-refractivity contribution in [3.8, 4) is 34.5 Å². The standard InChI is InChI=1S/C24H26O4/c1-2-3-4-5-6-18-7-16-23(27-21-12-8-19(25)9-13-21)24(17-18)28-22-14-10-20(26)11-15-22/h7-17,25-26H,2-6H2,1H3. The number of aryl methyl sites for hydroxylation is 1. The number of unbranched alkanes of at least 4 members (excludes halogenated alkanes) is 3. The van der Waals surface area contributed by atoms with E-state index in [1.54, 1.807) is 48.5 Å². The van der Waals surface area contributed by atoms with Crippen LogP contribution in [0.4, 0.5) is 0 Å². The van der Waals surface area contributed by atoms with E-state index in [0.717, 1.165) is 12.8 Å². The highest BCUT2D eigenvalue weighted by molar-refractivity contribution is 5.48. The van der Waals surface area contributed by atoms with E-state index in [1.807, 2.05) is 12.1 Å². The Bertz CT molecular complexity index is 870. The van der Waals surface area contributed by atoms with Gasteiger partial charge in [-0.3, -0.25) is 0 Å². The molecule has 0 heterocycles. The Morgan fingerprint density at radius 1 is 0.643 bits per heavy atom. The lowest BCUT2D eigenvalue weighted by molar-refractivity contribution is 0.415. The van der Waals surface area contributed by atoms with E-state index >= 15 is 0 Å². The third-order valence-corrected chi connectivity index (χ3v) is 4.46. The molecule has 0 saturated heterocycles. The van der Waals surface area contributed by atoms with Gasteiger partial charge in [-0.05, 0) is 79.1 Å². The van der Waals surface area contributed by atoms with Gasteiger partial charge in [0.15, 0.2) is 11.5 Å². The van der Waals surface area contributed by atoms with Crippen LogP contribution in [0.25, 0.3) is 0 Å². The van der Waals surface area contributed by atoms with Crippen LogP contribution in [-0.2, 0) is 6.42 Å². The molecule has 0 aliphatic rings. The Kier molecular flexibility index (Phi) is 6.79. The quantitative estimate of drug-likeness (QED) is 0.402. The lowest BCUT2D eigenvalue weighted by atomic mass is 10.1. The predicted molar refractivity (Wildman–Crippen MR) is 111 cm³/mol. The molecule has 0 atom stereocenters. The number of hydrogen-bond acceptors (Lipinski definition) is 4. The molecule has 3 aromatic carbocycles. The fourth-order valence-corrected chi connectivity index (χ4v) is 2.91. The molecule has 146 valence electrons. The van der Waals surface area contributed by atoms with Crippen LogP contribution in [0.3, 0.4) is 0 Å². The van der Waals surface area contributed by atoms with Crippen molar-refractivity contribution >= 4 is 0 Å². The molecule has 0 radical (unpaired) electrons. The second-order valence-electron chi connectivity index (χ2n) is 6.78. The fourth-order valence-electron chi connectivity index (χ4n) is 2.91. The SMILES string of the molecule is CCCCCCc1ccc(Oc2ccc(O)cc2)c(Oc2ccc(O)cc2)c1. The van der Waals surface area contributed by atoms with Crippen LogP contribution in [0, 0.1) is 0 Å². The lowest BCUT2D eigenvalue weighted by Gasteiger charge is -2.14. The van der Waals surface area contributed by atoms with E-state index in [4.69, 9.17) is 9.47 Å². The summed E-state index contributed by atoms with van der Waals surface area (Å²) in [7, 11) is 0. The highest BCUT2D eigenvalue weighted by atomic mass is 16.5. The van der Waals surface area contributed by atoms with E-state index in [2.05, 4.69) is 13.0 Å². The fraction of sp³-hybridized carbons (Fsp3) is 0.250. The Hall–Kier alpha value is -3.14. The van der Waals surface area contributed by atoms with Crippen molar-refractivity contribution < 1.29 is 19.7 Å². The highest BCUT2D eigenvalue weighted by Gasteiger charge is 2.10. The molecule has 0 bridgehead atoms. The van der Waals surface area contributed by atoms with Crippen LogP contribution in [0.2, 0.25) is 0 Å². The first kappa shape index (κ1) is 19.6. The van der Waals surface area contributed by atoms with Crippen molar-refractivity contribution in [1.29, 1.82) is 0 Å². The van der Waals surface area contributed by atoms with E-state index in [9.17, 15) is 10.2 Å². The highest BCUT2D eigenvalue weighted by Crippen LogP contribution is 2.36. The summed E-state index contributed by atoms with van der Waals surface area (Å²) in [5, 5.41) is 18.9. The van der Waals surface area contributed by atoms with Crippen molar-refractivity contribution in [3.63, 3.8) is 0 Å². The van der Waals surface area contributed by atoms with Crippen molar-refractivity contribution in [2.24, 2.45) is 0 Å². The molecule has 0 amide bonds. The normalized spacial score (nSPS) is 10.6. The monoisotopic (exact) mass is 378 g/mol. The molecule has 3 aromatic rings. The Morgan fingerprint density at radius 3 is 1.79 bits per heavy atom. The average Bonchev–Trinajstić information content (AvgIpc) is 2.70. The van der Waals surface area contributed by atoms with Crippen LogP contribution in [-0.4, -0.2) is 10.2 Å². The number of phenols is 2. The second-order valence-corrected chi connectivity index (χ2v) is 6.78. The minimum absolute atomic E-state index is 0.190. The van der Waals surface area contributed by atoms with Gasteiger partial charge in [0, 0.05) is 0 Å². The van der Waals surface area contributed by atoms with Crippen LogP contribution >= 0.6 is 0 Å². The molecule has 0 unspecified atom stereocenters. The lowest BCUT2D eigenvalue weighted by Crippen LogP contribution is -1.93. The third kappa shape index (κ3) is 5.68. The van der Waals surface area contributed by atoms with Gasteiger partial charge in [-0.25, -0.2) is 0 Å². The summed E-state index contributed by atoms with van der Waals surface area (Å²) in [6, 6.07) is 19.2. The van der Waals surface area contributed by atoms with Crippen molar-refractivity contribution in [1.82, 2.24) is 0 Å². The molecule has 2 N–H and O–H groups in total. The predicted octanol–water partition coefficient (Wildman–Crippen LogP) is 6.81. The summed E-state index contributed by atoms with van der Waals surface area (Å²) in [6.07, 6.45) is 5.82. The summed E-state index contributed by atoms with van der Waals surface area (Å²) >= 11 is 0. The summed E-state index contributed by atoms with van der Waals surface area (Å²) in [6.45, 7) is 2.21. The zero-order valence-electron chi connectivity index (χ0n) is 16.1. The molecule has 0 aliphatic carbocycles. The van der Waals surface area contributed by atoms with Gasteiger partial charge in [0.1, 0.15) is 23.0 Å². The maximum absolute atomic E-state index is 9.48. The molecule has 0 saturated carbocycles. The minimum Gasteiger partial charge on any atom is -0.508 e. The van der Waals surface area contributed by atoms with Gasteiger partial charge in [-0.2, -0.15) is 0 Å². The van der Waals surface area contributed by atoms with E-state index in [1.165, 1.54) is 24.8 Å². The van der Waals surface area contributed by atoms with Crippen LogP contribution in [0.15, 0.2) is 66.7 Å². The topological polar surface area (TPSA) is 58.9 Å². The zero-order chi connectivity index (χ0) is 19.8. The van der Waals surface area contributed by atoms with Gasteiger partial charge in [0.2, 0.25) is 0 Å². The Balaban J connectivity index is 1.81. The smallest absolute Gasteiger partial charge is 0.170 e. The molecular formula is C24H26O4. The van der Waals surface area contributed by atoms with E-state index in [-0.39, 0.29) is 11.5 Å².